The molecule has 14 nitrogen and oxygen atoms in total. The van der Waals surface area contributed by atoms with Crippen molar-refractivity contribution in [2.24, 2.45) is 5.10 Å². The van der Waals surface area contributed by atoms with Gasteiger partial charge in [-0.25, -0.2) is 9.59 Å². The van der Waals surface area contributed by atoms with Crippen molar-refractivity contribution in [3.05, 3.63) is 67.9 Å². The monoisotopic (exact) mass is 563 g/mol. The highest BCUT2D eigenvalue weighted by Crippen LogP contribution is 2.35. The lowest BCUT2D eigenvalue weighted by Gasteiger charge is -2.28. The van der Waals surface area contributed by atoms with Crippen LogP contribution >= 0.6 is 11.6 Å². The zero-order valence-corrected chi connectivity index (χ0v) is 21.8. The fourth-order valence-electron chi connectivity index (χ4n) is 3.66. The van der Waals surface area contributed by atoms with Gasteiger partial charge in [0.25, 0.3) is 0 Å². The van der Waals surface area contributed by atoms with Crippen LogP contribution < -0.4 is 25.5 Å². The maximum atomic E-state index is 12.4. The Labute approximate surface area is 227 Å². The van der Waals surface area contributed by atoms with Gasteiger partial charge in [-0.1, -0.05) is 17.7 Å². The summed E-state index contributed by atoms with van der Waals surface area (Å²) >= 11 is 5.84. The van der Waals surface area contributed by atoms with Gasteiger partial charge in [0.15, 0.2) is 17.7 Å². The number of nitro groups is 1. The minimum Gasteiger partial charge on any atom is -0.502 e. The van der Waals surface area contributed by atoms with Crippen LogP contribution in [0.2, 0.25) is 5.02 Å². The number of methoxy groups -OCH3 is 1. The highest BCUT2D eigenvalue weighted by Gasteiger charge is 2.32. The molecule has 0 spiro atoms. The number of nitrogens with zero attached hydrogens (tertiary/aromatic N) is 2. The number of phenols is 1. The first-order chi connectivity index (χ1) is 18.5. The number of carbonyl (C=O) groups excluding carboxylic acids is 2. The molecule has 0 saturated heterocycles. The Morgan fingerprint density at radius 3 is 2.72 bits per heavy atom. The van der Waals surface area contributed by atoms with Gasteiger partial charge in [0.1, 0.15) is 6.61 Å². The number of allylic oxidation sites excluding steroid dienone is 1. The van der Waals surface area contributed by atoms with Crippen molar-refractivity contribution in [1.82, 2.24) is 16.1 Å². The molecule has 2 aromatic carbocycles. The average Bonchev–Trinajstić information content (AvgIpc) is 2.88. The number of rotatable bonds is 11. The number of benzene rings is 2. The number of ether oxygens (including phenoxy) is 3. The molecule has 0 saturated carbocycles. The lowest BCUT2D eigenvalue weighted by molar-refractivity contribution is -0.385. The van der Waals surface area contributed by atoms with Crippen LogP contribution in [0.15, 0.2) is 46.7 Å². The summed E-state index contributed by atoms with van der Waals surface area (Å²) in [5, 5.41) is 40.3. The second kappa shape index (κ2) is 12.8. The van der Waals surface area contributed by atoms with Gasteiger partial charge >= 0.3 is 17.7 Å². The molecular formula is C24H26ClN5O9. The average molecular weight is 564 g/mol. The Morgan fingerprint density at radius 1 is 1.31 bits per heavy atom. The van der Waals surface area contributed by atoms with Crippen molar-refractivity contribution in [1.29, 1.82) is 0 Å². The fraction of sp³-hybridized carbons (Fsp3) is 0.292. The van der Waals surface area contributed by atoms with E-state index in [0.717, 1.165) is 12.3 Å². The van der Waals surface area contributed by atoms with Crippen molar-refractivity contribution >= 4 is 35.5 Å². The molecule has 0 aromatic heterocycles. The third-order valence-corrected chi connectivity index (χ3v) is 5.60. The first-order valence-corrected chi connectivity index (χ1v) is 11.8. The molecule has 1 aliphatic rings. The van der Waals surface area contributed by atoms with Crippen LogP contribution in [-0.4, -0.2) is 59.9 Å². The Morgan fingerprint density at radius 2 is 2.05 bits per heavy atom. The summed E-state index contributed by atoms with van der Waals surface area (Å²) in [6, 6.07) is 5.74. The van der Waals surface area contributed by atoms with Crippen LogP contribution in [0, 0.1) is 10.1 Å². The van der Waals surface area contributed by atoms with E-state index in [9.17, 15) is 29.9 Å². The zero-order chi connectivity index (χ0) is 28.7. The molecule has 3 rings (SSSR count). The Kier molecular flexibility index (Phi) is 9.52. The molecule has 2 amide bonds. The summed E-state index contributed by atoms with van der Waals surface area (Å²) in [5.41, 5.74) is 2.84. The van der Waals surface area contributed by atoms with Crippen molar-refractivity contribution < 1.29 is 38.9 Å². The van der Waals surface area contributed by atoms with E-state index in [1.54, 1.807) is 32.0 Å². The van der Waals surface area contributed by atoms with E-state index in [2.05, 4.69) is 21.2 Å². The molecule has 15 heteroatoms. The van der Waals surface area contributed by atoms with Crippen molar-refractivity contribution in [2.75, 3.05) is 20.3 Å². The lowest BCUT2D eigenvalue weighted by Crippen LogP contribution is -2.45. The number of aliphatic hydroxyl groups is 1. The third kappa shape index (κ3) is 7.06. The normalized spacial score (nSPS) is 15.8. The molecule has 2 aromatic rings. The molecule has 39 heavy (non-hydrogen) atoms. The predicted octanol–water partition coefficient (Wildman–Crippen LogP) is 2.47. The van der Waals surface area contributed by atoms with Crippen molar-refractivity contribution in [2.45, 2.75) is 26.1 Å². The predicted molar refractivity (Wildman–Crippen MR) is 139 cm³/mol. The molecule has 1 heterocycles. The zero-order valence-electron chi connectivity index (χ0n) is 21.1. The molecule has 0 fully saturated rings. The molecule has 2 atom stereocenters. The third-order valence-electron chi connectivity index (χ3n) is 5.38. The molecule has 0 radical (unpaired) electrons. The second-order valence-corrected chi connectivity index (χ2v) is 8.47. The SMILES string of the molecule is CCOc1cc([C@H]2NC(=O)NC(C)=C2C(=O)OC)ccc1OC[C@@H](O)N/N=C\c1cc(Cl)cc([N+](=O)[O-])c1O. The standard InChI is InChI=1S/C24H26ClN5O9/c1-4-38-18-8-13(21-20(23(33)37-3)12(2)27-24(34)28-21)5-6-17(18)39-11-19(31)29-26-10-14-7-15(25)9-16(22(14)32)30(35)36/h5-10,19,21,29,31-32H,4,11H2,1-3H3,(H2,27,28,34)/b26-10-/t19-,21-/m1/s1. The van der Waals surface area contributed by atoms with Gasteiger partial charge in [-0.3, -0.25) is 15.5 Å². The maximum absolute atomic E-state index is 12.4. The van der Waals surface area contributed by atoms with Crippen molar-refractivity contribution in [3.63, 3.8) is 0 Å². The number of halogens is 1. The number of hydrazone groups is 1. The molecule has 0 unspecified atom stereocenters. The summed E-state index contributed by atoms with van der Waals surface area (Å²) in [6.07, 6.45) is -0.272. The number of aromatic hydroxyl groups is 1. The molecule has 208 valence electrons. The molecule has 0 aliphatic carbocycles. The van der Waals surface area contributed by atoms with E-state index in [-0.39, 0.29) is 40.9 Å². The minimum absolute atomic E-state index is 0.0187. The highest BCUT2D eigenvalue weighted by molar-refractivity contribution is 6.31. The number of hydrogen-bond donors (Lipinski definition) is 5. The van der Waals surface area contributed by atoms with E-state index in [1.807, 2.05) is 0 Å². The summed E-state index contributed by atoms with van der Waals surface area (Å²) < 4.78 is 16.2. The number of amides is 2. The highest BCUT2D eigenvalue weighted by atomic mass is 35.5. The van der Waals surface area contributed by atoms with Crippen LogP contribution in [0.5, 0.6) is 17.2 Å². The van der Waals surface area contributed by atoms with Crippen LogP contribution in [-0.2, 0) is 9.53 Å². The van der Waals surface area contributed by atoms with E-state index in [4.69, 9.17) is 25.8 Å². The number of aliphatic hydroxyl groups excluding tert-OH is 1. The van der Waals surface area contributed by atoms with E-state index < -0.39 is 40.6 Å². The first-order valence-electron chi connectivity index (χ1n) is 11.4. The summed E-state index contributed by atoms with van der Waals surface area (Å²) in [6.45, 7) is 3.32. The first kappa shape index (κ1) is 29.0. The van der Waals surface area contributed by atoms with E-state index >= 15 is 0 Å². The quantitative estimate of drug-likeness (QED) is 0.0890. The summed E-state index contributed by atoms with van der Waals surface area (Å²) in [4.78, 5) is 34.7. The van der Waals surface area contributed by atoms with Gasteiger partial charge in [0.05, 0.1) is 36.5 Å². The van der Waals surface area contributed by atoms with Crippen LogP contribution in [0.25, 0.3) is 0 Å². The van der Waals surface area contributed by atoms with Crippen LogP contribution in [0.4, 0.5) is 10.5 Å². The number of carbonyl (C=O) groups is 2. The van der Waals surface area contributed by atoms with E-state index in [0.29, 0.717) is 11.3 Å². The van der Waals surface area contributed by atoms with E-state index in [1.165, 1.54) is 13.2 Å². The van der Waals surface area contributed by atoms with Crippen LogP contribution in [0.3, 0.4) is 0 Å². The fourth-order valence-corrected chi connectivity index (χ4v) is 3.88. The molecule has 1 aliphatic heterocycles. The Balaban J connectivity index is 1.72. The summed E-state index contributed by atoms with van der Waals surface area (Å²) in [5.74, 6) is -0.697. The van der Waals surface area contributed by atoms with Gasteiger partial charge in [0.2, 0.25) is 5.75 Å². The number of nitrogens with one attached hydrogen (secondary N) is 3. The number of esters is 1. The Bertz CT molecular complexity index is 1330. The number of urea groups is 1. The summed E-state index contributed by atoms with van der Waals surface area (Å²) in [7, 11) is 1.24. The minimum atomic E-state index is -1.33. The smallest absolute Gasteiger partial charge is 0.337 e. The van der Waals surface area contributed by atoms with Crippen LogP contribution in [0.1, 0.15) is 31.0 Å². The maximum Gasteiger partial charge on any atom is 0.337 e. The lowest BCUT2D eigenvalue weighted by atomic mass is 9.95. The van der Waals surface area contributed by atoms with Gasteiger partial charge in [-0.2, -0.15) is 5.10 Å². The number of nitro benzene ring substituents is 1. The second-order valence-electron chi connectivity index (χ2n) is 8.03. The van der Waals surface area contributed by atoms with Gasteiger partial charge in [0, 0.05) is 22.3 Å². The van der Waals surface area contributed by atoms with Gasteiger partial charge in [-0.05, 0) is 37.6 Å². The number of hydrogen-bond acceptors (Lipinski definition) is 11. The molecule has 0 bridgehead atoms. The van der Waals surface area contributed by atoms with Gasteiger partial charge in [-0.15, -0.1) is 0 Å². The largest absolute Gasteiger partial charge is 0.502 e. The van der Waals surface area contributed by atoms with Crippen molar-refractivity contribution in [3.8, 4) is 17.2 Å². The van der Waals surface area contributed by atoms with Gasteiger partial charge < -0.3 is 35.1 Å². The molecular weight excluding hydrogens is 538 g/mol. The topological polar surface area (TPSA) is 194 Å². The Hall–Kier alpha value is -4.56. The number of phenolic OH excluding ortho intramolecular Hbond substituents is 1. The molecule has 5 N–H and O–H groups in total.